The van der Waals surface area contributed by atoms with Gasteiger partial charge in [0.25, 0.3) is 11.8 Å². The average molecular weight is 1360 g/mol. The number of amides is 9. The van der Waals surface area contributed by atoms with E-state index in [2.05, 4.69) is 42.5 Å². The molecule has 25 heteroatoms. The van der Waals surface area contributed by atoms with Crippen LogP contribution in [0.15, 0.2) is 146 Å². The number of nitrogens with one attached hydrogen (secondary N) is 8. The summed E-state index contributed by atoms with van der Waals surface area (Å²) in [5.41, 5.74) is 15.4. The zero-order valence-corrected chi connectivity index (χ0v) is 53.2. The molecule has 6 aromatic carbocycles. The van der Waals surface area contributed by atoms with Crippen molar-refractivity contribution in [3.63, 3.8) is 0 Å². The van der Waals surface area contributed by atoms with Gasteiger partial charge in [-0.15, -0.1) is 0 Å². The van der Waals surface area contributed by atoms with E-state index in [-0.39, 0.29) is 54.5 Å². The van der Waals surface area contributed by atoms with Crippen LogP contribution in [0.4, 0.5) is 0 Å². The molecule has 1 fully saturated rings. The Hall–Kier alpha value is -8.08. The smallest absolute Gasteiger partial charge is 0.264 e. The van der Waals surface area contributed by atoms with Gasteiger partial charge in [-0.05, 0) is 98.8 Å². The van der Waals surface area contributed by atoms with Gasteiger partial charge in [0.2, 0.25) is 41.4 Å². The molecule has 0 aliphatic carbocycles. The summed E-state index contributed by atoms with van der Waals surface area (Å²) in [7, 11) is 3.25. The first-order valence-electron chi connectivity index (χ1n) is 28.8. The van der Waals surface area contributed by atoms with Crippen molar-refractivity contribution < 1.29 is 53.4 Å². The molecular formula is C64H74IN11O11S2. The molecule has 1 saturated heterocycles. The Morgan fingerprint density at radius 2 is 1.15 bits per heavy atom. The number of hydrogen-bond acceptors (Lipinski definition) is 15. The van der Waals surface area contributed by atoms with Crippen LogP contribution in [0.1, 0.15) is 58.9 Å². The van der Waals surface area contributed by atoms with Crippen LogP contribution in [0.25, 0.3) is 10.8 Å². The van der Waals surface area contributed by atoms with Crippen molar-refractivity contribution >= 4 is 108 Å². The van der Waals surface area contributed by atoms with Crippen LogP contribution in [-0.4, -0.2) is 147 Å². The van der Waals surface area contributed by atoms with E-state index in [1.165, 1.54) is 20.0 Å². The van der Waals surface area contributed by atoms with E-state index in [9.17, 15) is 39.0 Å². The summed E-state index contributed by atoms with van der Waals surface area (Å²) in [5, 5.41) is 44.4. The highest BCUT2D eigenvalue weighted by Crippen LogP contribution is 2.25. The number of phenols is 1. The molecule has 22 nitrogen and oxygen atoms in total. The van der Waals surface area contributed by atoms with Gasteiger partial charge < -0.3 is 69.1 Å². The second-order valence-electron chi connectivity index (χ2n) is 21.9. The van der Waals surface area contributed by atoms with Crippen molar-refractivity contribution in [1.82, 2.24) is 47.4 Å². The molecule has 9 atom stereocenters. The second-order valence-corrected chi connectivity index (χ2v) is 25.6. The molecule has 0 aromatic heterocycles. The molecule has 6 aromatic rings. The fourth-order valence-electron chi connectivity index (χ4n) is 9.55. The third-order valence-electron chi connectivity index (χ3n) is 14.6. The SMILES string of the molecule is CC(C)NCc1ccc(C[C@@H]2NC(=O)[C@@H](N(C)C(=O)c3ccc4ccccc4c3)NC(=O)[C@H](Cc3ccccc3)NC(=O)[C@@H](NC(=O)[C@H](N)Cc3ccc(O)c(I)c3)CSSC[C@@H](C(=O)N[C@H](C(N)=O)[C@@H](C)O)NC(=O)[C@H](Cc3ccccc3)NC2=O)cc1. The summed E-state index contributed by atoms with van der Waals surface area (Å²) in [5.74, 6) is -8.70. The summed E-state index contributed by atoms with van der Waals surface area (Å²) in [4.78, 5) is 132. The van der Waals surface area contributed by atoms with Gasteiger partial charge in [0, 0.05) is 56.0 Å². The number of aliphatic hydroxyl groups excluding tert-OH is 1. The van der Waals surface area contributed by atoms with Crippen molar-refractivity contribution in [2.75, 3.05) is 18.6 Å². The zero-order valence-electron chi connectivity index (χ0n) is 49.4. The molecule has 0 saturated carbocycles. The number of fused-ring (bicyclic) bond motifs is 1. The predicted octanol–water partition coefficient (Wildman–Crippen LogP) is 2.63. The fraction of sp³-hybridized carbons (Fsp3) is 0.328. The van der Waals surface area contributed by atoms with E-state index < -0.39 is 108 Å². The van der Waals surface area contributed by atoms with Gasteiger partial charge in [-0.1, -0.05) is 157 Å². The highest BCUT2D eigenvalue weighted by Gasteiger charge is 2.38. The Balaban J connectivity index is 1.33. The first-order chi connectivity index (χ1) is 42.5. The lowest BCUT2D eigenvalue weighted by atomic mass is 10.0. The molecule has 1 aliphatic heterocycles. The minimum Gasteiger partial charge on any atom is -0.507 e. The van der Waals surface area contributed by atoms with Crippen molar-refractivity contribution in [2.45, 2.75) is 114 Å². The zero-order chi connectivity index (χ0) is 64.3. The van der Waals surface area contributed by atoms with Crippen LogP contribution in [-0.2, 0) is 70.6 Å². The third kappa shape index (κ3) is 20.2. The number of hydrogen-bond donors (Lipinski definition) is 12. The first-order valence-corrected chi connectivity index (χ1v) is 32.3. The van der Waals surface area contributed by atoms with E-state index in [0.29, 0.717) is 37.8 Å². The molecule has 1 heterocycles. The van der Waals surface area contributed by atoms with Crippen molar-refractivity contribution in [2.24, 2.45) is 11.5 Å². The van der Waals surface area contributed by atoms with Crippen LogP contribution in [0.5, 0.6) is 5.75 Å². The predicted molar refractivity (Wildman–Crippen MR) is 350 cm³/mol. The molecule has 14 N–H and O–H groups in total. The van der Waals surface area contributed by atoms with Gasteiger partial charge in [-0.25, -0.2) is 0 Å². The highest BCUT2D eigenvalue weighted by molar-refractivity contribution is 14.1. The van der Waals surface area contributed by atoms with Gasteiger partial charge in [-0.2, -0.15) is 0 Å². The number of rotatable bonds is 19. The average Bonchev–Trinajstić information content (AvgIpc) is 1.57. The molecule has 7 rings (SSSR count). The molecular weight excluding hydrogens is 1290 g/mol. The molecule has 0 radical (unpaired) electrons. The normalized spacial score (nSPS) is 20.1. The lowest BCUT2D eigenvalue weighted by Crippen LogP contribution is -2.64. The minimum absolute atomic E-state index is 0.0173. The Labute approximate surface area is 537 Å². The number of likely N-dealkylation sites (N-methyl/N-ethyl adjacent to an activating group) is 1. The Morgan fingerprint density at radius 3 is 1.73 bits per heavy atom. The van der Waals surface area contributed by atoms with E-state index in [0.717, 1.165) is 37.4 Å². The lowest BCUT2D eigenvalue weighted by Gasteiger charge is -2.32. The number of primary amides is 1. The maximum absolute atomic E-state index is 15.4. The number of halogens is 1. The Kier molecular flexibility index (Phi) is 25.3. The van der Waals surface area contributed by atoms with Crippen LogP contribution in [0.2, 0.25) is 0 Å². The highest BCUT2D eigenvalue weighted by atomic mass is 127. The number of nitrogens with zero attached hydrogens (tertiary/aromatic N) is 1. The topological polar surface area (TPSA) is 346 Å². The number of aromatic hydroxyl groups is 1. The first kappa shape index (κ1) is 68.4. The molecule has 1 aliphatic rings. The fourth-order valence-corrected chi connectivity index (χ4v) is 12.5. The Bertz CT molecular complexity index is 3480. The molecule has 9 amide bonds. The van der Waals surface area contributed by atoms with Crippen molar-refractivity contribution in [1.29, 1.82) is 0 Å². The minimum atomic E-state index is -1.90. The van der Waals surface area contributed by atoms with E-state index in [4.69, 9.17) is 11.5 Å². The quantitative estimate of drug-likeness (QED) is 0.0410. The molecule has 470 valence electrons. The summed E-state index contributed by atoms with van der Waals surface area (Å²) in [6.45, 7) is 5.78. The Morgan fingerprint density at radius 1 is 0.629 bits per heavy atom. The number of nitrogens with two attached hydrogens (primary N) is 2. The number of benzene rings is 6. The summed E-state index contributed by atoms with van der Waals surface area (Å²) < 4.78 is 0.508. The lowest BCUT2D eigenvalue weighted by molar-refractivity contribution is -0.137. The van der Waals surface area contributed by atoms with Crippen LogP contribution in [0.3, 0.4) is 0 Å². The van der Waals surface area contributed by atoms with Crippen molar-refractivity contribution in [3.8, 4) is 5.75 Å². The molecule has 89 heavy (non-hydrogen) atoms. The second kappa shape index (κ2) is 32.9. The number of phenolic OH excluding ortho intramolecular Hbond substituents is 1. The number of aliphatic hydroxyl groups is 1. The summed E-state index contributed by atoms with van der Waals surface area (Å²) in [6.07, 6.45) is -3.91. The van der Waals surface area contributed by atoms with Gasteiger partial charge in [-0.3, -0.25) is 43.2 Å². The van der Waals surface area contributed by atoms with Gasteiger partial charge in [0.1, 0.15) is 42.0 Å². The number of carbonyl (C=O) groups is 9. The maximum atomic E-state index is 15.4. The number of carbonyl (C=O) groups excluding carboxylic acids is 9. The monoisotopic (exact) mass is 1360 g/mol. The van der Waals surface area contributed by atoms with Gasteiger partial charge in [0.05, 0.1) is 15.7 Å². The molecule has 0 unspecified atom stereocenters. The van der Waals surface area contributed by atoms with E-state index >= 15 is 14.4 Å². The van der Waals surface area contributed by atoms with Crippen molar-refractivity contribution in [3.05, 3.63) is 183 Å². The standard InChI is InChI=1S/C64H74IN11O11S2/c1-36(2)68-33-41-21-19-40(20-22-41)31-49-58(81)69-48(29-38-13-7-5-8-14-38)59(82)73-52(62(85)74-54(37(3)77)55(67)79)35-89-88-34-51(72-57(80)47(66)28-42-23-26-53(78)46(65)27-42)61(84)70-50(30-39-15-9-6-10-16-39)60(83)75-56(63(86)71-49)76(4)64(87)45-25-24-43-17-11-12-18-44(43)32-45/h5-27,32,36-37,47-52,54,56,68,77-78H,28-31,33-35,66H2,1-4H3,(H2,67,79)(H,69,81)(H,70,84)(H,71,86)(H,72,80)(H,73,82)(H,74,85)(H,75,83)/t37-,47-,48+,49+,50+,51+,52+,54+,56-/m1/s1. The van der Waals surface area contributed by atoms with Gasteiger partial charge >= 0.3 is 0 Å². The summed E-state index contributed by atoms with van der Waals surface area (Å²) >= 11 is 1.94. The van der Waals surface area contributed by atoms with Crippen LogP contribution >= 0.6 is 44.2 Å². The van der Waals surface area contributed by atoms with E-state index in [1.54, 1.807) is 109 Å². The molecule has 0 bridgehead atoms. The van der Waals surface area contributed by atoms with Gasteiger partial charge in [0.15, 0.2) is 6.17 Å². The van der Waals surface area contributed by atoms with Crippen LogP contribution in [0, 0.1) is 3.57 Å². The maximum Gasteiger partial charge on any atom is 0.264 e. The van der Waals surface area contributed by atoms with Crippen LogP contribution < -0.4 is 54.0 Å². The summed E-state index contributed by atoms with van der Waals surface area (Å²) in [6, 6.07) is 31.3. The van der Waals surface area contributed by atoms with E-state index in [1.807, 2.05) is 66.8 Å². The third-order valence-corrected chi connectivity index (χ3v) is 17.9. The molecule has 0 spiro atoms. The largest absolute Gasteiger partial charge is 0.507 e.